The van der Waals surface area contributed by atoms with Crippen LogP contribution >= 0.6 is 0 Å². The fraction of sp³-hybridized carbons (Fsp3) is 0.600. The third-order valence-electron chi connectivity index (χ3n) is 5.42. The maximum Gasteiger partial charge on any atom is 0.272 e. The van der Waals surface area contributed by atoms with E-state index in [0.29, 0.717) is 18.1 Å². The van der Waals surface area contributed by atoms with Gasteiger partial charge in [0.1, 0.15) is 5.69 Å². The van der Waals surface area contributed by atoms with Gasteiger partial charge >= 0.3 is 0 Å². The third-order valence-corrected chi connectivity index (χ3v) is 5.42. The van der Waals surface area contributed by atoms with Gasteiger partial charge in [-0.25, -0.2) is 4.98 Å². The molecular weight excluding hydrogens is 328 g/mol. The van der Waals surface area contributed by atoms with Gasteiger partial charge in [0.15, 0.2) is 5.82 Å². The van der Waals surface area contributed by atoms with Crippen molar-refractivity contribution in [3.8, 4) is 0 Å². The highest BCUT2D eigenvalue weighted by atomic mass is 16.5. The Hall–Kier alpha value is -2.24. The summed E-state index contributed by atoms with van der Waals surface area (Å²) < 4.78 is 5.34. The van der Waals surface area contributed by atoms with E-state index in [-0.39, 0.29) is 17.7 Å². The summed E-state index contributed by atoms with van der Waals surface area (Å²) in [5, 5.41) is 4.15. The number of carbonyl (C=O) groups is 1. The molecule has 4 rings (SSSR count). The first kappa shape index (κ1) is 17.2. The number of rotatable bonds is 3. The summed E-state index contributed by atoms with van der Waals surface area (Å²) in [5.41, 5.74) is 2.98. The lowest BCUT2D eigenvalue weighted by atomic mass is 9.95. The van der Waals surface area contributed by atoms with Gasteiger partial charge in [0.2, 0.25) is 5.89 Å². The number of likely N-dealkylation sites (tertiary alicyclic amines) is 1. The quantitative estimate of drug-likeness (QED) is 0.844. The van der Waals surface area contributed by atoms with Gasteiger partial charge in [0, 0.05) is 30.6 Å². The van der Waals surface area contributed by atoms with Crippen molar-refractivity contribution in [1.29, 1.82) is 0 Å². The Labute approximate surface area is 154 Å². The number of hydrogen-bond donors (Lipinski definition) is 0. The summed E-state index contributed by atoms with van der Waals surface area (Å²) in [6.45, 7) is 5.48. The van der Waals surface area contributed by atoms with E-state index in [1.54, 1.807) is 0 Å². The van der Waals surface area contributed by atoms with Crippen molar-refractivity contribution in [2.45, 2.75) is 64.2 Å². The number of nitrogens with zero attached hydrogens (tertiary/aromatic N) is 4. The Morgan fingerprint density at radius 1 is 1.19 bits per heavy atom. The molecule has 3 heterocycles. The molecule has 0 saturated carbocycles. The van der Waals surface area contributed by atoms with Crippen LogP contribution in [-0.2, 0) is 12.8 Å². The van der Waals surface area contributed by atoms with Gasteiger partial charge < -0.3 is 9.42 Å². The van der Waals surface area contributed by atoms with Crippen LogP contribution in [0.4, 0.5) is 0 Å². The zero-order chi connectivity index (χ0) is 18.1. The number of aromatic nitrogens is 3. The van der Waals surface area contributed by atoms with Crippen LogP contribution in [0.15, 0.2) is 16.7 Å². The second kappa shape index (κ2) is 7.17. The molecule has 0 radical (unpaired) electrons. The Bertz CT molecular complexity index is 799. The van der Waals surface area contributed by atoms with Crippen LogP contribution in [0.2, 0.25) is 0 Å². The molecule has 2 aromatic rings. The molecule has 0 spiro atoms. The molecule has 138 valence electrons. The normalized spacial score (nSPS) is 20.3. The van der Waals surface area contributed by atoms with Crippen LogP contribution in [0.1, 0.15) is 84.8 Å². The fourth-order valence-corrected chi connectivity index (χ4v) is 3.88. The van der Waals surface area contributed by atoms with Crippen molar-refractivity contribution in [1.82, 2.24) is 20.0 Å². The smallest absolute Gasteiger partial charge is 0.272 e. The zero-order valence-corrected chi connectivity index (χ0v) is 15.6. The lowest BCUT2D eigenvalue weighted by molar-refractivity contribution is 0.0697. The lowest BCUT2D eigenvalue weighted by Gasteiger charge is -2.31. The van der Waals surface area contributed by atoms with E-state index in [9.17, 15) is 4.79 Å². The van der Waals surface area contributed by atoms with E-state index in [4.69, 9.17) is 4.52 Å². The Kier molecular flexibility index (Phi) is 4.74. The maximum atomic E-state index is 13.0. The van der Waals surface area contributed by atoms with Crippen molar-refractivity contribution in [2.24, 2.45) is 0 Å². The van der Waals surface area contributed by atoms with Crippen LogP contribution in [0.3, 0.4) is 0 Å². The standard InChI is InChI=1S/C20H26N4O2/c1-13(2)19-22-18(23-26-19)15-7-5-11-24(12-15)20(25)17-10-9-14-6-3-4-8-16(14)21-17/h9-10,13,15H,3-8,11-12H2,1-2H3. The van der Waals surface area contributed by atoms with Gasteiger partial charge in [-0.15, -0.1) is 0 Å². The minimum atomic E-state index is 0.0238. The van der Waals surface area contributed by atoms with E-state index in [1.807, 2.05) is 24.8 Å². The predicted molar refractivity (Wildman–Crippen MR) is 97.1 cm³/mol. The van der Waals surface area contributed by atoms with Crippen LogP contribution in [0, 0.1) is 0 Å². The van der Waals surface area contributed by atoms with Gasteiger partial charge in [-0.05, 0) is 50.2 Å². The van der Waals surface area contributed by atoms with Crippen LogP contribution in [0.25, 0.3) is 0 Å². The molecule has 1 aliphatic heterocycles. The molecule has 0 aromatic carbocycles. The first-order valence-electron chi connectivity index (χ1n) is 9.73. The molecular formula is C20H26N4O2. The van der Waals surface area contributed by atoms with Crippen molar-refractivity contribution in [3.05, 3.63) is 40.8 Å². The average Bonchev–Trinajstić information content (AvgIpc) is 3.18. The molecule has 1 atom stereocenters. The topological polar surface area (TPSA) is 72.1 Å². The van der Waals surface area contributed by atoms with Crippen LogP contribution in [-0.4, -0.2) is 39.0 Å². The van der Waals surface area contributed by atoms with Crippen molar-refractivity contribution in [3.63, 3.8) is 0 Å². The first-order chi connectivity index (χ1) is 12.6. The van der Waals surface area contributed by atoms with Crippen LogP contribution < -0.4 is 0 Å². The average molecular weight is 354 g/mol. The molecule has 26 heavy (non-hydrogen) atoms. The largest absolute Gasteiger partial charge is 0.339 e. The molecule has 2 aliphatic rings. The Morgan fingerprint density at radius 3 is 2.85 bits per heavy atom. The van der Waals surface area contributed by atoms with Gasteiger partial charge in [0.05, 0.1) is 0 Å². The van der Waals surface area contributed by atoms with Crippen molar-refractivity contribution >= 4 is 5.91 Å². The molecule has 1 unspecified atom stereocenters. The molecule has 1 aliphatic carbocycles. The maximum absolute atomic E-state index is 13.0. The molecule has 6 nitrogen and oxygen atoms in total. The van der Waals surface area contributed by atoms with E-state index >= 15 is 0 Å². The molecule has 0 bridgehead atoms. The number of pyridine rings is 1. The Balaban J connectivity index is 1.49. The van der Waals surface area contributed by atoms with E-state index in [2.05, 4.69) is 21.2 Å². The molecule has 1 saturated heterocycles. The lowest BCUT2D eigenvalue weighted by Crippen LogP contribution is -2.39. The van der Waals surface area contributed by atoms with E-state index in [0.717, 1.165) is 43.7 Å². The van der Waals surface area contributed by atoms with E-state index in [1.165, 1.54) is 18.4 Å². The van der Waals surface area contributed by atoms with Gasteiger partial charge in [-0.3, -0.25) is 4.79 Å². The highest BCUT2D eigenvalue weighted by Gasteiger charge is 2.29. The highest BCUT2D eigenvalue weighted by molar-refractivity contribution is 5.92. The summed E-state index contributed by atoms with van der Waals surface area (Å²) in [7, 11) is 0. The molecule has 1 fully saturated rings. The predicted octanol–water partition coefficient (Wildman–Crippen LogP) is 3.49. The van der Waals surface area contributed by atoms with Crippen molar-refractivity contribution < 1.29 is 9.32 Å². The molecule has 1 amide bonds. The minimum Gasteiger partial charge on any atom is -0.339 e. The van der Waals surface area contributed by atoms with Gasteiger partial charge in [-0.2, -0.15) is 4.98 Å². The summed E-state index contributed by atoms with van der Waals surface area (Å²) in [6, 6.07) is 3.98. The molecule has 2 aromatic heterocycles. The molecule has 0 N–H and O–H groups in total. The number of amides is 1. The number of aryl methyl sites for hydroxylation is 2. The van der Waals surface area contributed by atoms with Gasteiger partial charge in [0.25, 0.3) is 5.91 Å². The second-order valence-electron chi connectivity index (χ2n) is 7.75. The number of fused-ring (bicyclic) bond motifs is 1. The summed E-state index contributed by atoms with van der Waals surface area (Å²) in [5.74, 6) is 1.78. The Morgan fingerprint density at radius 2 is 2.04 bits per heavy atom. The number of hydrogen-bond acceptors (Lipinski definition) is 5. The minimum absolute atomic E-state index is 0.0238. The first-order valence-corrected chi connectivity index (χ1v) is 9.73. The zero-order valence-electron chi connectivity index (χ0n) is 15.6. The second-order valence-corrected chi connectivity index (χ2v) is 7.75. The van der Waals surface area contributed by atoms with E-state index < -0.39 is 0 Å². The summed E-state index contributed by atoms with van der Waals surface area (Å²) in [6.07, 6.45) is 6.39. The highest BCUT2D eigenvalue weighted by Crippen LogP contribution is 2.27. The summed E-state index contributed by atoms with van der Waals surface area (Å²) >= 11 is 0. The fourth-order valence-electron chi connectivity index (χ4n) is 3.88. The SMILES string of the molecule is CC(C)c1nc(C2CCCN(C(=O)c3ccc4c(n3)CCCC4)C2)no1. The third kappa shape index (κ3) is 3.37. The van der Waals surface area contributed by atoms with Crippen LogP contribution in [0.5, 0.6) is 0 Å². The van der Waals surface area contributed by atoms with Gasteiger partial charge in [-0.1, -0.05) is 25.1 Å². The number of carbonyl (C=O) groups excluding carboxylic acids is 1. The van der Waals surface area contributed by atoms with Crippen molar-refractivity contribution in [2.75, 3.05) is 13.1 Å². The number of piperidine rings is 1. The monoisotopic (exact) mass is 354 g/mol. The molecule has 6 heteroatoms. The summed E-state index contributed by atoms with van der Waals surface area (Å²) in [4.78, 5) is 24.1.